The number of ether oxygens (including phenoxy) is 2. The van der Waals surface area contributed by atoms with Crippen LogP contribution >= 0.6 is 11.3 Å². The molecule has 1 aromatic carbocycles. The summed E-state index contributed by atoms with van der Waals surface area (Å²) in [7, 11) is 0. The van der Waals surface area contributed by atoms with Gasteiger partial charge in [-0.3, -0.25) is 0 Å². The minimum Gasteiger partial charge on any atom is -0.454 e. The third-order valence-electron chi connectivity index (χ3n) is 2.65. The largest absolute Gasteiger partial charge is 0.454 e. The highest BCUT2D eigenvalue weighted by Gasteiger charge is 2.14. The van der Waals surface area contributed by atoms with E-state index in [1.165, 1.54) is 0 Å². The summed E-state index contributed by atoms with van der Waals surface area (Å²) in [6.07, 6.45) is 0. The molecule has 0 fully saturated rings. The van der Waals surface area contributed by atoms with Crippen LogP contribution in [0.1, 0.15) is 18.7 Å². The fourth-order valence-electron chi connectivity index (χ4n) is 1.75. The van der Waals surface area contributed by atoms with Crippen LogP contribution in [0.25, 0.3) is 0 Å². The van der Waals surface area contributed by atoms with Crippen LogP contribution in [0, 0.1) is 0 Å². The predicted octanol–water partition coefficient (Wildman–Crippen LogP) is 3.04. The van der Waals surface area contributed by atoms with E-state index in [4.69, 9.17) is 9.47 Å². The Bertz CT molecular complexity index is 513. The van der Waals surface area contributed by atoms with Crippen molar-refractivity contribution in [3.8, 4) is 11.5 Å². The zero-order valence-electron chi connectivity index (χ0n) is 9.34. The third kappa shape index (κ3) is 2.06. The minimum absolute atomic E-state index is 0.182. The molecule has 2 heterocycles. The van der Waals surface area contributed by atoms with Gasteiger partial charge in [0.05, 0.1) is 17.2 Å². The van der Waals surface area contributed by atoms with E-state index in [2.05, 4.69) is 17.2 Å². The van der Waals surface area contributed by atoms with Crippen molar-refractivity contribution in [2.75, 3.05) is 12.1 Å². The Kier molecular flexibility index (Phi) is 2.60. The summed E-state index contributed by atoms with van der Waals surface area (Å²) in [5.41, 5.74) is 3.90. The van der Waals surface area contributed by atoms with Crippen LogP contribution in [0.4, 0.5) is 5.69 Å². The van der Waals surface area contributed by atoms with Crippen molar-refractivity contribution in [1.82, 2.24) is 4.98 Å². The van der Waals surface area contributed by atoms with Crippen molar-refractivity contribution >= 4 is 17.0 Å². The molecular formula is C12H12N2O2S. The van der Waals surface area contributed by atoms with Gasteiger partial charge in [-0.2, -0.15) is 0 Å². The lowest BCUT2D eigenvalue weighted by molar-refractivity contribution is 0.174. The summed E-state index contributed by atoms with van der Waals surface area (Å²) in [5, 5.41) is 5.43. The first-order valence-electron chi connectivity index (χ1n) is 5.37. The summed E-state index contributed by atoms with van der Waals surface area (Å²) in [5.74, 6) is 1.59. The molecule has 1 aromatic heterocycles. The van der Waals surface area contributed by atoms with Crippen LogP contribution in [0.3, 0.4) is 0 Å². The molecule has 1 unspecified atom stereocenters. The lowest BCUT2D eigenvalue weighted by atomic mass is 10.2. The van der Waals surface area contributed by atoms with Gasteiger partial charge in [0, 0.05) is 17.1 Å². The minimum atomic E-state index is 0.182. The molecule has 0 radical (unpaired) electrons. The first-order chi connectivity index (χ1) is 8.33. The number of benzene rings is 1. The summed E-state index contributed by atoms with van der Waals surface area (Å²) in [4.78, 5) is 4.28. The zero-order valence-corrected chi connectivity index (χ0v) is 10.2. The highest BCUT2D eigenvalue weighted by atomic mass is 32.1. The SMILES string of the molecule is CC(Nc1ccc2c(c1)OCO2)c1cscn1. The molecule has 0 saturated carbocycles. The maximum absolute atomic E-state index is 5.34. The second kappa shape index (κ2) is 4.25. The molecule has 1 aliphatic rings. The first kappa shape index (κ1) is 10.4. The van der Waals surface area contributed by atoms with Crippen molar-refractivity contribution in [3.05, 3.63) is 34.8 Å². The number of hydrogen-bond acceptors (Lipinski definition) is 5. The van der Waals surface area contributed by atoms with Crippen LogP contribution in [-0.4, -0.2) is 11.8 Å². The Morgan fingerprint density at radius 3 is 3.06 bits per heavy atom. The lowest BCUT2D eigenvalue weighted by Crippen LogP contribution is -2.06. The molecule has 0 saturated heterocycles. The molecule has 3 rings (SSSR count). The number of anilines is 1. The van der Waals surface area contributed by atoms with Crippen LogP contribution < -0.4 is 14.8 Å². The van der Waals surface area contributed by atoms with Gasteiger partial charge in [-0.15, -0.1) is 11.3 Å². The van der Waals surface area contributed by atoms with Crippen molar-refractivity contribution in [1.29, 1.82) is 0 Å². The normalized spacial score (nSPS) is 14.6. The summed E-state index contributed by atoms with van der Waals surface area (Å²) in [6.45, 7) is 2.39. The van der Waals surface area contributed by atoms with Gasteiger partial charge in [-0.25, -0.2) is 4.98 Å². The van der Waals surface area contributed by atoms with E-state index in [1.807, 2.05) is 29.1 Å². The highest BCUT2D eigenvalue weighted by molar-refractivity contribution is 7.07. The Labute approximate surface area is 103 Å². The molecule has 2 aromatic rings. The van der Waals surface area contributed by atoms with Gasteiger partial charge in [-0.05, 0) is 19.1 Å². The van der Waals surface area contributed by atoms with E-state index < -0.39 is 0 Å². The lowest BCUT2D eigenvalue weighted by Gasteiger charge is -2.13. The molecule has 17 heavy (non-hydrogen) atoms. The standard InChI is InChI=1S/C12H12N2O2S/c1-8(10-5-17-6-13-10)14-9-2-3-11-12(4-9)16-7-15-11/h2-6,8,14H,7H2,1H3. The van der Waals surface area contributed by atoms with Crippen LogP contribution in [0.2, 0.25) is 0 Å². The highest BCUT2D eigenvalue weighted by Crippen LogP contribution is 2.35. The molecule has 1 atom stereocenters. The second-order valence-electron chi connectivity index (χ2n) is 3.85. The number of rotatable bonds is 3. The number of nitrogens with one attached hydrogen (secondary N) is 1. The fourth-order valence-corrected chi connectivity index (χ4v) is 2.39. The van der Waals surface area contributed by atoms with Crippen LogP contribution in [0.15, 0.2) is 29.1 Å². The van der Waals surface area contributed by atoms with E-state index >= 15 is 0 Å². The van der Waals surface area contributed by atoms with Gasteiger partial charge in [0.15, 0.2) is 11.5 Å². The van der Waals surface area contributed by atoms with Crippen LogP contribution in [-0.2, 0) is 0 Å². The first-order valence-corrected chi connectivity index (χ1v) is 6.31. The van der Waals surface area contributed by atoms with Gasteiger partial charge >= 0.3 is 0 Å². The van der Waals surface area contributed by atoms with E-state index in [1.54, 1.807) is 11.3 Å². The average molecular weight is 248 g/mol. The van der Waals surface area contributed by atoms with Gasteiger partial charge in [0.25, 0.3) is 0 Å². The van der Waals surface area contributed by atoms with E-state index in [9.17, 15) is 0 Å². The van der Waals surface area contributed by atoms with E-state index in [0.29, 0.717) is 6.79 Å². The van der Waals surface area contributed by atoms with Crippen LogP contribution in [0.5, 0.6) is 11.5 Å². The number of hydrogen-bond donors (Lipinski definition) is 1. The quantitative estimate of drug-likeness (QED) is 0.906. The maximum Gasteiger partial charge on any atom is 0.231 e. The monoisotopic (exact) mass is 248 g/mol. The van der Waals surface area contributed by atoms with E-state index in [-0.39, 0.29) is 6.04 Å². The number of thiazole rings is 1. The molecule has 5 heteroatoms. The average Bonchev–Trinajstić information content (AvgIpc) is 2.99. The van der Waals surface area contributed by atoms with Gasteiger partial charge in [0.1, 0.15) is 0 Å². The summed E-state index contributed by atoms with van der Waals surface area (Å²) in [6, 6.07) is 6.03. The molecule has 4 nitrogen and oxygen atoms in total. The Morgan fingerprint density at radius 1 is 1.35 bits per heavy atom. The predicted molar refractivity (Wildman–Crippen MR) is 66.7 cm³/mol. The van der Waals surface area contributed by atoms with Crippen molar-refractivity contribution in [2.24, 2.45) is 0 Å². The Hall–Kier alpha value is -1.75. The molecule has 1 N–H and O–H groups in total. The van der Waals surface area contributed by atoms with Gasteiger partial charge in [-0.1, -0.05) is 0 Å². The summed E-state index contributed by atoms with van der Waals surface area (Å²) < 4.78 is 10.6. The molecule has 1 aliphatic heterocycles. The van der Waals surface area contributed by atoms with Crippen molar-refractivity contribution < 1.29 is 9.47 Å². The Morgan fingerprint density at radius 2 is 2.24 bits per heavy atom. The molecule has 0 amide bonds. The van der Waals surface area contributed by atoms with E-state index in [0.717, 1.165) is 22.9 Å². The fraction of sp³-hybridized carbons (Fsp3) is 0.250. The maximum atomic E-state index is 5.34. The van der Waals surface area contributed by atoms with Gasteiger partial charge < -0.3 is 14.8 Å². The second-order valence-corrected chi connectivity index (χ2v) is 4.57. The number of aromatic nitrogens is 1. The molecule has 0 spiro atoms. The van der Waals surface area contributed by atoms with Gasteiger partial charge in [0.2, 0.25) is 6.79 Å². The molecular weight excluding hydrogens is 236 g/mol. The third-order valence-corrected chi connectivity index (χ3v) is 3.26. The summed E-state index contributed by atoms with van der Waals surface area (Å²) >= 11 is 1.60. The molecule has 0 aliphatic carbocycles. The smallest absolute Gasteiger partial charge is 0.231 e. The Balaban J connectivity index is 1.77. The van der Waals surface area contributed by atoms with Crippen molar-refractivity contribution in [3.63, 3.8) is 0 Å². The topological polar surface area (TPSA) is 43.4 Å². The number of nitrogens with zero attached hydrogens (tertiary/aromatic N) is 1. The molecule has 0 bridgehead atoms. The van der Waals surface area contributed by atoms with Crippen molar-refractivity contribution in [2.45, 2.75) is 13.0 Å². The zero-order chi connectivity index (χ0) is 11.7. The molecule has 88 valence electrons. The number of fused-ring (bicyclic) bond motifs is 1.